The van der Waals surface area contributed by atoms with Gasteiger partial charge < -0.3 is 20.7 Å². The molecule has 120 valence electrons. The molecule has 3 rings (SSSR count). The average molecular weight is 303 g/mol. The van der Waals surface area contributed by atoms with Gasteiger partial charge in [-0.2, -0.15) is 0 Å². The lowest BCUT2D eigenvalue weighted by Gasteiger charge is -2.36. The predicted molar refractivity (Wildman–Crippen MR) is 86.8 cm³/mol. The third kappa shape index (κ3) is 3.42. The van der Waals surface area contributed by atoms with Gasteiger partial charge in [0, 0.05) is 37.4 Å². The Labute approximate surface area is 131 Å². The number of hydrogen-bond acceptors (Lipinski definition) is 4. The Bertz CT molecular complexity index is 486. The molecule has 1 spiro atoms. The van der Waals surface area contributed by atoms with Gasteiger partial charge in [-0.25, -0.2) is 0 Å². The summed E-state index contributed by atoms with van der Waals surface area (Å²) in [5.41, 5.74) is 1.20. The molecule has 0 aromatic heterocycles. The fourth-order valence-corrected chi connectivity index (χ4v) is 3.42. The summed E-state index contributed by atoms with van der Waals surface area (Å²) in [6, 6.07) is 10.1. The number of nitrogens with one attached hydrogen (secondary N) is 3. The third-order valence-corrected chi connectivity index (χ3v) is 4.78. The number of ether oxygens (including phenoxy) is 1. The highest BCUT2D eigenvalue weighted by molar-refractivity contribution is 5.85. The van der Waals surface area contributed by atoms with Crippen molar-refractivity contribution in [2.75, 3.05) is 38.2 Å². The molecule has 2 aliphatic heterocycles. The van der Waals surface area contributed by atoms with Crippen molar-refractivity contribution in [1.29, 1.82) is 0 Å². The number of benzene rings is 1. The van der Waals surface area contributed by atoms with E-state index in [9.17, 15) is 4.79 Å². The van der Waals surface area contributed by atoms with Crippen LogP contribution in [0.25, 0.3) is 0 Å². The molecule has 0 bridgehead atoms. The van der Waals surface area contributed by atoms with Gasteiger partial charge in [-0.3, -0.25) is 4.79 Å². The molecule has 1 aromatic rings. The van der Waals surface area contributed by atoms with Crippen LogP contribution in [0.4, 0.5) is 5.69 Å². The Hall–Kier alpha value is -1.59. The van der Waals surface area contributed by atoms with Crippen LogP contribution in [0, 0.1) is 5.41 Å². The minimum atomic E-state index is -0.0619. The molecular weight excluding hydrogens is 278 g/mol. The van der Waals surface area contributed by atoms with E-state index < -0.39 is 0 Å². The Morgan fingerprint density at radius 3 is 2.73 bits per heavy atom. The Balaban J connectivity index is 1.43. The molecule has 1 atom stereocenters. The summed E-state index contributed by atoms with van der Waals surface area (Å²) >= 11 is 0. The van der Waals surface area contributed by atoms with Gasteiger partial charge in [-0.1, -0.05) is 18.2 Å². The summed E-state index contributed by atoms with van der Waals surface area (Å²) in [6.45, 7) is 4.07. The average Bonchev–Trinajstić information content (AvgIpc) is 2.85. The standard InChI is InChI=1S/C17H25N3O2/c21-16-15(17(13-20-16)7-11-22-12-8-17)19-10-4-9-18-14-5-2-1-3-6-14/h1-3,5-6,15,18-19H,4,7-13H2,(H,20,21). The second kappa shape index (κ2) is 7.11. The summed E-state index contributed by atoms with van der Waals surface area (Å²) in [5.74, 6) is 0.151. The quantitative estimate of drug-likeness (QED) is 0.695. The highest BCUT2D eigenvalue weighted by Gasteiger charge is 2.48. The fraction of sp³-hybridized carbons (Fsp3) is 0.588. The topological polar surface area (TPSA) is 62.4 Å². The van der Waals surface area contributed by atoms with Crippen molar-refractivity contribution in [3.63, 3.8) is 0 Å². The van der Waals surface area contributed by atoms with Crippen molar-refractivity contribution in [3.05, 3.63) is 30.3 Å². The number of carbonyl (C=O) groups is 1. The molecule has 2 heterocycles. The lowest BCUT2D eigenvalue weighted by atomic mass is 9.76. The minimum absolute atomic E-state index is 0.0577. The summed E-state index contributed by atoms with van der Waals surface area (Å²) < 4.78 is 5.45. The summed E-state index contributed by atoms with van der Waals surface area (Å²) in [4.78, 5) is 12.1. The van der Waals surface area contributed by atoms with E-state index in [2.05, 4.69) is 28.1 Å². The zero-order chi connectivity index (χ0) is 15.3. The molecular formula is C17H25N3O2. The first-order valence-corrected chi connectivity index (χ1v) is 8.18. The first-order valence-electron chi connectivity index (χ1n) is 8.18. The van der Waals surface area contributed by atoms with Crippen LogP contribution in [0.15, 0.2) is 30.3 Å². The van der Waals surface area contributed by atoms with E-state index in [0.29, 0.717) is 0 Å². The molecule has 1 amide bonds. The first-order chi connectivity index (χ1) is 10.8. The monoisotopic (exact) mass is 303 g/mol. The number of rotatable bonds is 6. The van der Waals surface area contributed by atoms with Gasteiger partial charge in [0.2, 0.25) is 5.91 Å². The van der Waals surface area contributed by atoms with E-state index in [4.69, 9.17) is 4.74 Å². The minimum Gasteiger partial charge on any atom is -0.385 e. The molecule has 0 saturated carbocycles. The molecule has 0 radical (unpaired) electrons. The molecule has 1 aromatic carbocycles. The van der Waals surface area contributed by atoms with E-state index in [1.807, 2.05) is 18.2 Å². The third-order valence-electron chi connectivity index (χ3n) is 4.78. The maximum absolute atomic E-state index is 12.1. The van der Waals surface area contributed by atoms with Gasteiger partial charge in [0.25, 0.3) is 0 Å². The van der Waals surface area contributed by atoms with Crippen molar-refractivity contribution in [2.24, 2.45) is 5.41 Å². The van der Waals surface area contributed by atoms with Crippen LogP contribution < -0.4 is 16.0 Å². The first kappa shape index (κ1) is 15.3. The van der Waals surface area contributed by atoms with Crippen LogP contribution in [0.1, 0.15) is 19.3 Å². The van der Waals surface area contributed by atoms with Crippen LogP contribution in [-0.4, -0.2) is 44.8 Å². The summed E-state index contributed by atoms with van der Waals surface area (Å²) in [7, 11) is 0. The van der Waals surface area contributed by atoms with Gasteiger partial charge in [0.05, 0.1) is 6.04 Å². The Morgan fingerprint density at radius 2 is 1.95 bits per heavy atom. The zero-order valence-electron chi connectivity index (χ0n) is 12.9. The van der Waals surface area contributed by atoms with Crippen molar-refractivity contribution in [1.82, 2.24) is 10.6 Å². The van der Waals surface area contributed by atoms with E-state index >= 15 is 0 Å². The van der Waals surface area contributed by atoms with Crippen LogP contribution in [-0.2, 0) is 9.53 Å². The molecule has 2 fully saturated rings. The second-order valence-corrected chi connectivity index (χ2v) is 6.23. The van der Waals surface area contributed by atoms with Gasteiger partial charge in [0.15, 0.2) is 0 Å². The SMILES string of the molecule is O=C1NCC2(CCOCC2)C1NCCCNc1ccccc1. The number of carbonyl (C=O) groups excluding carboxylic acids is 1. The summed E-state index contributed by atoms with van der Waals surface area (Å²) in [5, 5.41) is 9.89. The van der Waals surface area contributed by atoms with Crippen molar-refractivity contribution >= 4 is 11.6 Å². The number of anilines is 1. The zero-order valence-corrected chi connectivity index (χ0v) is 12.9. The van der Waals surface area contributed by atoms with Crippen LogP contribution in [0.2, 0.25) is 0 Å². The highest BCUT2D eigenvalue weighted by Crippen LogP contribution is 2.37. The molecule has 22 heavy (non-hydrogen) atoms. The maximum Gasteiger partial charge on any atom is 0.237 e. The highest BCUT2D eigenvalue weighted by atomic mass is 16.5. The van der Waals surface area contributed by atoms with Crippen molar-refractivity contribution in [3.8, 4) is 0 Å². The van der Waals surface area contributed by atoms with Gasteiger partial charge >= 0.3 is 0 Å². The molecule has 3 N–H and O–H groups in total. The number of para-hydroxylation sites is 1. The Morgan fingerprint density at radius 1 is 1.18 bits per heavy atom. The molecule has 5 nitrogen and oxygen atoms in total. The number of hydrogen-bond donors (Lipinski definition) is 3. The lowest BCUT2D eigenvalue weighted by Crippen LogP contribution is -2.49. The molecule has 2 saturated heterocycles. The fourth-order valence-electron chi connectivity index (χ4n) is 3.42. The van der Waals surface area contributed by atoms with E-state index in [1.54, 1.807) is 0 Å². The van der Waals surface area contributed by atoms with Crippen LogP contribution in [0.5, 0.6) is 0 Å². The molecule has 0 aliphatic carbocycles. The van der Waals surface area contributed by atoms with Crippen LogP contribution in [0.3, 0.4) is 0 Å². The van der Waals surface area contributed by atoms with E-state index in [-0.39, 0.29) is 17.4 Å². The normalized spacial score (nSPS) is 23.5. The second-order valence-electron chi connectivity index (χ2n) is 6.23. The van der Waals surface area contributed by atoms with E-state index in [0.717, 1.165) is 57.8 Å². The largest absolute Gasteiger partial charge is 0.385 e. The number of amides is 1. The molecule has 1 unspecified atom stereocenters. The van der Waals surface area contributed by atoms with E-state index in [1.165, 1.54) is 0 Å². The predicted octanol–water partition coefficient (Wildman–Crippen LogP) is 1.37. The van der Waals surface area contributed by atoms with Gasteiger partial charge in [0.1, 0.15) is 0 Å². The summed E-state index contributed by atoms with van der Waals surface area (Å²) in [6.07, 6.45) is 2.92. The van der Waals surface area contributed by atoms with Gasteiger partial charge in [-0.05, 0) is 37.9 Å². The van der Waals surface area contributed by atoms with Crippen molar-refractivity contribution < 1.29 is 9.53 Å². The van der Waals surface area contributed by atoms with Crippen LogP contribution >= 0.6 is 0 Å². The lowest BCUT2D eigenvalue weighted by molar-refractivity contribution is -0.122. The maximum atomic E-state index is 12.1. The molecule has 2 aliphatic rings. The molecule has 5 heteroatoms. The Kier molecular flexibility index (Phi) is 4.95. The van der Waals surface area contributed by atoms with Gasteiger partial charge in [-0.15, -0.1) is 0 Å². The smallest absolute Gasteiger partial charge is 0.237 e. The van der Waals surface area contributed by atoms with Crippen molar-refractivity contribution in [2.45, 2.75) is 25.3 Å².